The summed E-state index contributed by atoms with van der Waals surface area (Å²) in [6.45, 7) is 0.912. The third-order valence-electron chi connectivity index (χ3n) is 3.49. The van der Waals surface area contributed by atoms with Crippen LogP contribution in [0.25, 0.3) is 0 Å². The van der Waals surface area contributed by atoms with Gasteiger partial charge in [0.2, 0.25) is 0 Å². The molecule has 2 heterocycles. The fourth-order valence-corrected chi connectivity index (χ4v) is 4.66. The second-order valence-electron chi connectivity index (χ2n) is 4.90. The fourth-order valence-electron chi connectivity index (χ4n) is 2.35. The van der Waals surface area contributed by atoms with Crippen LogP contribution in [0.3, 0.4) is 0 Å². The summed E-state index contributed by atoms with van der Waals surface area (Å²) < 4.78 is 23.1. The molecule has 7 nitrogen and oxygen atoms in total. The summed E-state index contributed by atoms with van der Waals surface area (Å²) in [5, 5.41) is 9.17. The van der Waals surface area contributed by atoms with Crippen LogP contribution in [0.4, 0.5) is 4.79 Å². The zero-order valence-corrected chi connectivity index (χ0v) is 12.7. The minimum atomic E-state index is -3.08. The first-order valence-corrected chi connectivity index (χ1v) is 9.45. The molecule has 0 aromatic heterocycles. The number of carboxylic acids is 1. The molecule has 20 heavy (non-hydrogen) atoms. The van der Waals surface area contributed by atoms with Crippen molar-refractivity contribution < 1.29 is 23.1 Å². The Morgan fingerprint density at radius 1 is 1.15 bits per heavy atom. The molecular formula is C11H18N2O5S2. The molecular weight excluding hydrogens is 304 g/mol. The molecule has 1 unspecified atom stereocenters. The molecule has 0 saturated carbocycles. The molecule has 1 N–H and O–H groups in total. The maximum Gasteiger partial charge on any atom is 0.327 e. The summed E-state index contributed by atoms with van der Waals surface area (Å²) >= 11 is 1.51. The van der Waals surface area contributed by atoms with E-state index in [9.17, 15) is 23.1 Å². The average Bonchev–Trinajstić information content (AvgIpc) is 2.59. The van der Waals surface area contributed by atoms with E-state index in [-0.39, 0.29) is 24.1 Å². The van der Waals surface area contributed by atoms with Gasteiger partial charge in [-0.25, -0.2) is 18.0 Å². The van der Waals surface area contributed by atoms with E-state index in [0.29, 0.717) is 31.0 Å². The lowest BCUT2D eigenvalue weighted by atomic mass is 10.3. The Morgan fingerprint density at radius 3 is 2.60 bits per heavy atom. The summed E-state index contributed by atoms with van der Waals surface area (Å²) in [4.78, 5) is 26.4. The van der Waals surface area contributed by atoms with Crippen molar-refractivity contribution >= 4 is 33.6 Å². The maximum absolute atomic E-state index is 12.4. The zero-order chi connectivity index (χ0) is 14.8. The second-order valence-corrected chi connectivity index (χ2v) is 8.35. The van der Waals surface area contributed by atoms with E-state index < -0.39 is 21.8 Å². The van der Waals surface area contributed by atoms with Gasteiger partial charge in [-0.3, -0.25) is 0 Å². The largest absolute Gasteiger partial charge is 0.480 e. The monoisotopic (exact) mass is 322 g/mol. The lowest BCUT2D eigenvalue weighted by molar-refractivity contribution is -0.141. The Balaban J connectivity index is 2.07. The molecule has 0 bridgehead atoms. The average molecular weight is 322 g/mol. The zero-order valence-electron chi connectivity index (χ0n) is 11.0. The summed E-state index contributed by atoms with van der Waals surface area (Å²) in [7, 11) is -3.08. The van der Waals surface area contributed by atoms with E-state index in [1.807, 2.05) is 0 Å². The van der Waals surface area contributed by atoms with Gasteiger partial charge >= 0.3 is 12.0 Å². The number of hydrogen-bond acceptors (Lipinski definition) is 5. The summed E-state index contributed by atoms with van der Waals surface area (Å²) in [5.41, 5.74) is 0. The molecule has 2 aliphatic heterocycles. The molecule has 2 fully saturated rings. The smallest absolute Gasteiger partial charge is 0.327 e. The number of carbonyl (C=O) groups is 2. The van der Waals surface area contributed by atoms with Crippen LogP contribution in [0.15, 0.2) is 0 Å². The number of carbonyl (C=O) groups excluding carboxylic acids is 1. The van der Waals surface area contributed by atoms with Crippen LogP contribution in [-0.4, -0.2) is 84.0 Å². The van der Waals surface area contributed by atoms with Gasteiger partial charge in [-0.15, -0.1) is 0 Å². The Hall–Kier alpha value is -0.960. The van der Waals surface area contributed by atoms with E-state index in [2.05, 4.69) is 0 Å². The van der Waals surface area contributed by atoms with Crippen LogP contribution in [0.1, 0.15) is 6.42 Å². The number of sulfone groups is 1. The standard InChI is InChI=1S/C11H18N2O5S2/c14-10(15)9-8-19-5-3-13(9)11(16)12-2-1-6-20(17,18)7-4-12/h9H,1-8H2,(H,14,15). The second kappa shape index (κ2) is 6.21. The Bertz CT molecular complexity index is 493. The molecule has 0 aliphatic carbocycles. The third-order valence-corrected chi connectivity index (χ3v) is 6.22. The highest BCUT2D eigenvalue weighted by Gasteiger charge is 2.35. The van der Waals surface area contributed by atoms with Gasteiger partial charge in [0.1, 0.15) is 6.04 Å². The highest BCUT2D eigenvalue weighted by molar-refractivity contribution is 7.99. The number of nitrogens with zero attached hydrogens (tertiary/aromatic N) is 2. The lowest BCUT2D eigenvalue weighted by Crippen LogP contribution is -2.55. The number of thioether (sulfide) groups is 1. The van der Waals surface area contributed by atoms with Crippen molar-refractivity contribution in [2.24, 2.45) is 0 Å². The number of aliphatic carboxylic acids is 1. The number of carboxylic acid groups (broad SMARTS) is 1. The number of hydrogen-bond donors (Lipinski definition) is 1. The molecule has 9 heteroatoms. The molecule has 1 atom stereocenters. The van der Waals surface area contributed by atoms with Crippen LogP contribution in [-0.2, 0) is 14.6 Å². The molecule has 2 saturated heterocycles. The van der Waals surface area contributed by atoms with Crippen molar-refractivity contribution in [2.45, 2.75) is 12.5 Å². The summed E-state index contributed by atoms with van der Waals surface area (Å²) in [6, 6.07) is -1.17. The first kappa shape index (κ1) is 15.4. The summed E-state index contributed by atoms with van der Waals surface area (Å²) in [6.07, 6.45) is 0.411. The predicted molar refractivity (Wildman–Crippen MR) is 75.7 cm³/mol. The first-order chi connectivity index (χ1) is 9.41. The molecule has 2 aliphatic rings. The van der Waals surface area contributed by atoms with E-state index in [4.69, 9.17) is 0 Å². The van der Waals surface area contributed by atoms with Gasteiger partial charge in [-0.2, -0.15) is 11.8 Å². The summed E-state index contributed by atoms with van der Waals surface area (Å²) in [5.74, 6) is 0.135. The van der Waals surface area contributed by atoms with Gasteiger partial charge in [-0.1, -0.05) is 0 Å². The van der Waals surface area contributed by atoms with Gasteiger partial charge in [0.15, 0.2) is 9.84 Å². The highest BCUT2D eigenvalue weighted by Crippen LogP contribution is 2.19. The minimum absolute atomic E-state index is 0.0426. The molecule has 2 rings (SSSR count). The molecule has 0 radical (unpaired) electrons. The Morgan fingerprint density at radius 2 is 1.90 bits per heavy atom. The van der Waals surface area contributed by atoms with Gasteiger partial charge < -0.3 is 14.9 Å². The molecule has 0 aromatic carbocycles. The Labute approximate surface area is 122 Å². The van der Waals surface area contributed by atoms with E-state index in [1.165, 1.54) is 21.6 Å². The van der Waals surface area contributed by atoms with Crippen LogP contribution in [0.2, 0.25) is 0 Å². The van der Waals surface area contributed by atoms with Crippen LogP contribution in [0, 0.1) is 0 Å². The van der Waals surface area contributed by atoms with Crippen LogP contribution in [0.5, 0.6) is 0 Å². The third kappa shape index (κ3) is 3.57. The molecule has 114 valence electrons. The maximum atomic E-state index is 12.4. The molecule has 2 amide bonds. The number of amides is 2. The van der Waals surface area contributed by atoms with Gasteiger partial charge in [0.05, 0.1) is 11.5 Å². The van der Waals surface area contributed by atoms with Crippen LogP contribution >= 0.6 is 11.8 Å². The van der Waals surface area contributed by atoms with Crippen molar-refractivity contribution in [1.82, 2.24) is 9.80 Å². The number of urea groups is 1. The fraction of sp³-hybridized carbons (Fsp3) is 0.818. The van der Waals surface area contributed by atoms with Crippen molar-refractivity contribution in [3.63, 3.8) is 0 Å². The topological polar surface area (TPSA) is 95.0 Å². The van der Waals surface area contributed by atoms with E-state index in [1.54, 1.807) is 0 Å². The molecule has 0 aromatic rings. The van der Waals surface area contributed by atoms with Crippen LogP contribution < -0.4 is 0 Å². The van der Waals surface area contributed by atoms with Crippen molar-refractivity contribution in [3.05, 3.63) is 0 Å². The van der Waals surface area contributed by atoms with Gasteiger partial charge in [-0.05, 0) is 6.42 Å². The predicted octanol–water partition coefficient (Wildman–Crippen LogP) is -0.271. The van der Waals surface area contributed by atoms with Gasteiger partial charge in [0, 0.05) is 31.1 Å². The quantitative estimate of drug-likeness (QED) is 0.714. The van der Waals surface area contributed by atoms with Crippen molar-refractivity contribution in [2.75, 3.05) is 42.6 Å². The van der Waals surface area contributed by atoms with Gasteiger partial charge in [0.25, 0.3) is 0 Å². The lowest BCUT2D eigenvalue weighted by Gasteiger charge is -2.36. The first-order valence-electron chi connectivity index (χ1n) is 6.47. The number of rotatable bonds is 1. The SMILES string of the molecule is O=C(O)C1CSCCN1C(=O)N1CCCS(=O)(=O)CC1. The normalized spacial score (nSPS) is 26.9. The minimum Gasteiger partial charge on any atom is -0.480 e. The van der Waals surface area contributed by atoms with E-state index in [0.717, 1.165) is 0 Å². The highest BCUT2D eigenvalue weighted by atomic mass is 32.2. The Kier molecular flexibility index (Phi) is 4.79. The van der Waals surface area contributed by atoms with E-state index >= 15 is 0 Å². The van der Waals surface area contributed by atoms with Crippen molar-refractivity contribution in [3.8, 4) is 0 Å². The van der Waals surface area contributed by atoms with Crippen molar-refractivity contribution in [1.29, 1.82) is 0 Å². The molecule has 0 spiro atoms.